The lowest BCUT2D eigenvalue weighted by atomic mass is 9.77. The van der Waals surface area contributed by atoms with Gasteiger partial charge in [0.2, 0.25) is 5.91 Å². The Morgan fingerprint density at radius 2 is 1.97 bits per heavy atom. The lowest BCUT2D eigenvalue weighted by molar-refractivity contribution is -0.134. The molecule has 6 heteroatoms. The van der Waals surface area contributed by atoms with Gasteiger partial charge in [-0.05, 0) is 54.7 Å². The van der Waals surface area contributed by atoms with Crippen LogP contribution in [0.4, 0.5) is 0 Å². The van der Waals surface area contributed by atoms with Gasteiger partial charge < -0.3 is 14.8 Å². The van der Waals surface area contributed by atoms with Crippen molar-refractivity contribution in [1.29, 1.82) is 0 Å². The van der Waals surface area contributed by atoms with Gasteiger partial charge in [0.1, 0.15) is 11.2 Å². The number of nitrogens with zero attached hydrogens (tertiary/aromatic N) is 2. The number of aromatic nitrogens is 1. The van der Waals surface area contributed by atoms with Crippen LogP contribution in [0.2, 0.25) is 0 Å². The standard InChI is InChI=1S/C27H33N3O2S/c1-18-8-7-11-21(19(18)2)28-26(32)27(3)17-29-22-13-15-33-24(22)16-23(29)25(31)30(27)14-12-20-9-5-4-6-10-20/h4-6,9-10,13,15-16,18-19,21H,7-8,11-12,14,17H2,1-3H3,(H,28,32)/t18-,19+,21+,27-/m1/s1. The summed E-state index contributed by atoms with van der Waals surface area (Å²) in [6.07, 6.45) is 4.09. The van der Waals surface area contributed by atoms with Crippen LogP contribution < -0.4 is 5.32 Å². The van der Waals surface area contributed by atoms with Gasteiger partial charge in [0.25, 0.3) is 5.91 Å². The third kappa shape index (κ3) is 3.88. The molecule has 5 nitrogen and oxygen atoms in total. The van der Waals surface area contributed by atoms with Gasteiger partial charge in [-0.25, -0.2) is 0 Å². The lowest BCUT2D eigenvalue weighted by Crippen LogP contribution is -2.65. The molecule has 0 saturated heterocycles. The molecule has 0 spiro atoms. The molecule has 0 unspecified atom stereocenters. The number of hydrogen-bond acceptors (Lipinski definition) is 3. The highest BCUT2D eigenvalue weighted by atomic mass is 32.1. The number of fused-ring (bicyclic) bond motifs is 3. The van der Waals surface area contributed by atoms with Crippen LogP contribution in [0.1, 0.15) is 56.1 Å². The molecule has 3 heterocycles. The fourth-order valence-corrected chi connectivity index (χ4v) is 6.44. The number of hydrogen-bond donors (Lipinski definition) is 1. The summed E-state index contributed by atoms with van der Waals surface area (Å²) >= 11 is 1.64. The van der Waals surface area contributed by atoms with Gasteiger partial charge in [0, 0.05) is 12.6 Å². The third-order valence-electron chi connectivity index (χ3n) is 8.03. The maximum absolute atomic E-state index is 13.9. The quantitative estimate of drug-likeness (QED) is 0.572. The zero-order chi connectivity index (χ0) is 23.2. The predicted molar refractivity (Wildman–Crippen MR) is 134 cm³/mol. The molecule has 1 saturated carbocycles. The van der Waals surface area contributed by atoms with Gasteiger partial charge in [-0.2, -0.15) is 0 Å². The van der Waals surface area contributed by atoms with Gasteiger partial charge in [0.05, 0.1) is 16.8 Å². The molecular formula is C27H33N3O2S. The second-order valence-corrected chi connectivity index (χ2v) is 11.0. The second-order valence-electron chi connectivity index (χ2n) is 10.1. The molecule has 2 amide bonds. The van der Waals surface area contributed by atoms with Crippen molar-refractivity contribution in [2.75, 3.05) is 6.54 Å². The molecule has 2 aromatic heterocycles. The van der Waals surface area contributed by atoms with E-state index in [1.54, 1.807) is 11.3 Å². The minimum absolute atomic E-state index is 0.0300. The van der Waals surface area contributed by atoms with Crippen LogP contribution in [0.15, 0.2) is 47.8 Å². The van der Waals surface area contributed by atoms with Crippen molar-refractivity contribution < 1.29 is 9.59 Å². The van der Waals surface area contributed by atoms with Crippen LogP contribution in [0.25, 0.3) is 10.2 Å². The van der Waals surface area contributed by atoms with Gasteiger partial charge in [-0.3, -0.25) is 9.59 Å². The van der Waals surface area contributed by atoms with Crippen LogP contribution in [0.3, 0.4) is 0 Å². The Labute approximate surface area is 199 Å². The molecule has 0 radical (unpaired) electrons. The number of amides is 2. The third-order valence-corrected chi connectivity index (χ3v) is 8.88. The van der Waals surface area contributed by atoms with Gasteiger partial charge in [0.15, 0.2) is 0 Å². The zero-order valence-corrected chi connectivity index (χ0v) is 20.5. The van der Waals surface area contributed by atoms with E-state index in [4.69, 9.17) is 0 Å². The van der Waals surface area contributed by atoms with E-state index in [-0.39, 0.29) is 17.9 Å². The molecule has 4 atom stereocenters. The fourth-order valence-electron chi connectivity index (χ4n) is 5.62. The Balaban J connectivity index is 1.47. The number of nitrogens with one attached hydrogen (secondary N) is 1. The molecule has 2 aliphatic rings. The molecule has 5 rings (SSSR count). The Kier molecular flexibility index (Phi) is 5.81. The Morgan fingerprint density at radius 1 is 1.18 bits per heavy atom. The summed E-state index contributed by atoms with van der Waals surface area (Å²) in [6, 6.07) is 14.4. The van der Waals surface area contributed by atoms with E-state index in [0.717, 1.165) is 29.5 Å². The largest absolute Gasteiger partial charge is 0.351 e. The minimum Gasteiger partial charge on any atom is -0.351 e. The summed E-state index contributed by atoms with van der Waals surface area (Å²) in [5.74, 6) is 0.954. The normalized spacial score (nSPS) is 27.5. The summed E-state index contributed by atoms with van der Waals surface area (Å²) in [7, 11) is 0. The number of rotatable bonds is 5. The van der Waals surface area contributed by atoms with Crippen molar-refractivity contribution in [2.24, 2.45) is 11.8 Å². The summed E-state index contributed by atoms with van der Waals surface area (Å²) in [5, 5.41) is 5.43. The molecular weight excluding hydrogens is 430 g/mol. The highest BCUT2D eigenvalue weighted by Crippen LogP contribution is 2.35. The summed E-state index contributed by atoms with van der Waals surface area (Å²) in [4.78, 5) is 29.5. The van der Waals surface area contributed by atoms with Crippen LogP contribution in [0, 0.1) is 11.8 Å². The van der Waals surface area contributed by atoms with Crippen molar-refractivity contribution in [3.8, 4) is 0 Å². The van der Waals surface area contributed by atoms with E-state index in [9.17, 15) is 9.59 Å². The van der Waals surface area contributed by atoms with Crippen LogP contribution in [-0.2, 0) is 17.8 Å². The maximum Gasteiger partial charge on any atom is 0.271 e. The van der Waals surface area contributed by atoms with Crippen molar-refractivity contribution in [2.45, 2.75) is 64.6 Å². The van der Waals surface area contributed by atoms with Crippen molar-refractivity contribution in [3.63, 3.8) is 0 Å². The van der Waals surface area contributed by atoms with E-state index in [0.29, 0.717) is 30.6 Å². The average molecular weight is 464 g/mol. The Bertz CT molecular complexity index is 1170. The van der Waals surface area contributed by atoms with Crippen molar-refractivity contribution in [1.82, 2.24) is 14.8 Å². The highest BCUT2D eigenvalue weighted by Gasteiger charge is 2.48. The van der Waals surface area contributed by atoms with E-state index in [1.165, 1.54) is 12.0 Å². The van der Waals surface area contributed by atoms with E-state index in [2.05, 4.69) is 41.9 Å². The molecule has 1 N–H and O–H groups in total. The minimum atomic E-state index is -0.937. The van der Waals surface area contributed by atoms with E-state index in [1.807, 2.05) is 41.5 Å². The monoisotopic (exact) mass is 463 g/mol. The molecule has 33 heavy (non-hydrogen) atoms. The maximum atomic E-state index is 13.9. The number of thiophene rings is 1. The van der Waals surface area contributed by atoms with Gasteiger partial charge in [-0.1, -0.05) is 57.0 Å². The van der Waals surface area contributed by atoms with E-state index < -0.39 is 5.54 Å². The molecule has 1 aliphatic carbocycles. The number of carbonyl (C=O) groups is 2. The molecule has 174 valence electrons. The van der Waals surface area contributed by atoms with Gasteiger partial charge >= 0.3 is 0 Å². The smallest absolute Gasteiger partial charge is 0.271 e. The van der Waals surface area contributed by atoms with Crippen LogP contribution >= 0.6 is 11.3 Å². The first-order valence-electron chi connectivity index (χ1n) is 12.1. The highest BCUT2D eigenvalue weighted by molar-refractivity contribution is 7.17. The summed E-state index contributed by atoms with van der Waals surface area (Å²) in [6.45, 7) is 7.47. The topological polar surface area (TPSA) is 54.3 Å². The predicted octanol–water partition coefficient (Wildman–Crippen LogP) is 5.10. The zero-order valence-electron chi connectivity index (χ0n) is 19.7. The molecule has 1 fully saturated rings. The van der Waals surface area contributed by atoms with E-state index >= 15 is 0 Å². The fraction of sp³-hybridized carbons (Fsp3) is 0.481. The second kappa shape index (κ2) is 8.64. The van der Waals surface area contributed by atoms with Crippen molar-refractivity contribution in [3.05, 3.63) is 59.1 Å². The lowest BCUT2D eigenvalue weighted by Gasteiger charge is -2.45. The van der Waals surface area contributed by atoms with Crippen LogP contribution in [-0.4, -0.2) is 39.4 Å². The first-order chi connectivity index (χ1) is 15.9. The van der Waals surface area contributed by atoms with Crippen LogP contribution in [0.5, 0.6) is 0 Å². The molecule has 0 bridgehead atoms. The molecule has 1 aromatic carbocycles. The first-order valence-corrected chi connectivity index (χ1v) is 13.0. The SMILES string of the molecule is C[C@H]1[C@H](C)CCC[C@@H]1NC(=O)[C@@]1(C)Cn2c(cc3sccc32)C(=O)N1CCc1ccccc1. The first kappa shape index (κ1) is 22.2. The number of carbonyl (C=O) groups excluding carboxylic acids is 2. The summed E-state index contributed by atoms with van der Waals surface area (Å²) < 4.78 is 3.15. The summed E-state index contributed by atoms with van der Waals surface area (Å²) in [5.41, 5.74) is 1.97. The Morgan fingerprint density at radius 3 is 2.76 bits per heavy atom. The molecule has 1 aliphatic heterocycles. The van der Waals surface area contributed by atoms with Crippen molar-refractivity contribution >= 4 is 33.4 Å². The van der Waals surface area contributed by atoms with Gasteiger partial charge in [-0.15, -0.1) is 11.3 Å². The Hall–Kier alpha value is -2.60. The number of benzene rings is 1. The molecule has 3 aromatic rings. The average Bonchev–Trinajstić information content (AvgIpc) is 3.40.